The first kappa shape index (κ1) is 24.3. The van der Waals surface area contributed by atoms with Crippen molar-refractivity contribution in [3.8, 4) is 0 Å². The van der Waals surface area contributed by atoms with Gasteiger partial charge in [0.25, 0.3) is 0 Å². The molecule has 1 aliphatic heterocycles. The number of aliphatic hydroxyl groups is 1. The topological polar surface area (TPSA) is 97.4 Å². The lowest BCUT2D eigenvalue weighted by atomic mass is 9.68. The molecule has 1 aliphatic rings. The van der Waals surface area contributed by atoms with E-state index in [2.05, 4.69) is 34.3 Å². The van der Waals surface area contributed by atoms with Gasteiger partial charge in [-0.15, -0.1) is 0 Å². The Morgan fingerprint density at radius 2 is 2.03 bits per heavy atom. The molecule has 9 heteroatoms. The minimum absolute atomic E-state index is 0.0671. The molecule has 0 aliphatic carbocycles. The smallest absolute Gasteiger partial charge is 0.317 e. The highest BCUT2D eigenvalue weighted by molar-refractivity contribution is 6.31. The molecule has 0 unspecified atom stereocenters. The average molecular weight is 485 g/mol. The van der Waals surface area contributed by atoms with Gasteiger partial charge in [0.05, 0.1) is 17.8 Å². The maximum Gasteiger partial charge on any atom is 0.317 e. The molecule has 0 radical (unpaired) electrons. The van der Waals surface area contributed by atoms with E-state index in [0.29, 0.717) is 24.7 Å². The predicted octanol–water partition coefficient (Wildman–Crippen LogP) is 4.36. The number of carbonyl (C=O) groups excluding carboxylic acids is 1. The summed E-state index contributed by atoms with van der Waals surface area (Å²) >= 11 is 6.30. The number of rotatable bonds is 6. The Morgan fingerprint density at radius 1 is 1.29 bits per heavy atom. The van der Waals surface area contributed by atoms with Crippen LogP contribution in [-0.4, -0.2) is 58.4 Å². The van der Waals surface area contributed by atoms with Gasteiger partial charge in [-0.3, -0.25) is 5.10 Å². The van der Waals surface area contributed by atoms with Crippen molar-refractivity contribution < 1.29 is 9.90 Å². The first-order valence-corrected chi connectivity index (χ1v) is 12.0. The van der Waals surface area contributed by atoms with E-state index >= 15 is 0 Å². The lowest BCUT2D eigenvalue weighted by Gasteiger charge is -2.43. The van der Waals surface area contributed by atoms with Crippen LogP contribution in [0.25, 0.3) is 10.9 Å². The molecule has 182 valence electrons. The number of aromatic nitrogens is 3. The standard InChI is InChI=1S/C25H33ClN6O2/c1-25(2,23(33)20-12-19(26)11-17-15-29-30-22(17)20)18-7-9-32(10-8-18)24(34)28-14-16-5-6-21(27-13-16)31(3)4/h5-6,11-13,15,18,23,33H,7-10,14H2,1-4H3,(H,28,34)(H,29,30)/t23-/m1/s1. The molecule has 1 fully saturated rings. The quantitative estimate of drug-likeness (QED) is 0.483. The largest absolute Gasteiger partial charge is 0.388 e. The molecule has 3 aromatic rings. The number of carbonyl (C=O) groups is 1. The summed E-state index contributed by atoms with van der Waals surface area (Å²) < 4.78 is 0. The van der Waals surface area contributed by atoms with Crippen LogP contribution in [0.2, 0.25) is 5.02 Å². The highest BCUT2D eigenvalue weighted by Gasteiger charge is 2.40. The number of benzene rings is 1. The normalized spacial score (nSPS) is 16.0. The molecule has 4 rings (SSSR count). The Hall–Kier alpha value is -2.84. The Kier molecular flexibility index (Phi) is 7.00. The SMILES string of the molecule is CN(C)c1ccc(CNC(=O)N2CCC(C(C)(C)[C@H](O)c3cc(Cl)cc4cn[nH]c34)CC2)cn1. The predicted molar refractivity (Wildman–Crippen MR) is 135 cm³/mol. The Labute approximate surface area is 205 Å². The third-order valence-corrected chi connectivity index (χ3v) is 7.31. The van der Waals surface area contributed by atoms with E-state index in [9.17, 15) is 9.90 Å². The zero-order valence-corrected chi connectivity index (χ0v) is 20.9. The van der Waals surface area contributed by atoms with Gasteiger partial charge < -0.3 is 20.2 Å². The average Bonchev–Trinajstić information content (AvgIpc) is 3.30. The number of amides is 2. The number of fused-ring (bicyclic) bond motifs is 1. The zero-order chi connectivity index (χ0) is 24.5. The molecule has 0 spiro atoms. The van der Waals surface area contributed by atoms with Gasteiger partial charge >= 0.3 is 6.03 Å². The van der Waals surface area contributed by atoms with E-state index in [4.69, 9.17) is 11.6 Å². The Balaban J connectivity index is 1.34. The van der Waals surface area contributed by atoms with E-state index in [-0.39, 0.29) is 11.9 Å². The molecule has 8 nitrogen and oxygen atoms in total. The molecular weight excluding hydrogens is 452 g/mol. The maximum absolute atomic E-state index is 12.7. The number of hydrogen-bond acceptors (Lipinski definition) is 5. The minimum Gasteiger partial charge on any atom is -0.388 e. The van der Waals surface area contributed by atoms with Crippen molar-refractivity contribution in [1.29, 1.82) is 0 Å². The van der Waals surface area contributed by atoms with Crippen molar-refractivity contribution in [2.24, 2.45) is 11.3 Å². The number of nitrogens with one attached hydrogen (secondary N) is 2. The lowest BCUT2D eigenvalue weighted by Crippen LogP contribution is -2.47. The number of urea groups is 1. The number of hydrogen-bond donors (Lipinski definition) is 3. The maximum atomic E-state index is 12.7. The third-order valence-electron chi connectivity index (χ3n) is 7.09. The van der Waals surface area contributed by atoms with Crippen molar-refractivity contribution in [1.82, 2.24) is 25.4 Å². The van der Waals surface area contributed by atoms with Gasteiger partial charge in [-0.2, -0.15) is 5.10 Å². The number of anilines is 1. The molecule has 2 amide bonds. The number of aliphatic hydroxyl groups excluding tert-OH is 1. The van der Waals surface area contributed by atoms with Gasteiger partial charge in [-0.05, 0) is 47.9 Å². The van der Waals surface area contributed by atoms with Crippen molar-refractivity contribution >= 4 is 34.4 Å². The molecular formula is C25H33ClN6O2. The molecule has 0 bridgehead atoms. The Bertz CT molecular complexity index is 1140. The van der Waals surface area contributed by atoms with Crippen molar-refractivity contribution in [2.45, 2.75) is 39.3 Å². The van der Waals surface area contributed by atoms with Crippen LogP contribution in [0.5, 0.6) is 0 Å². The number of aromatic amines is 1. The summed E-state index contributed by atoms with van der Waals surface area (Å²) in [5.74, 6) is 1.14. The van der Waals surface area contributed by atoms with Gasteiger partial charge in [0.15, 0.2) is 0 Å². The van der Waals surface area contributed by atoms with Crippen LogP contribution in [0.1, 0.15) is 43.9 Å². The van der Waals surface area contributed by atoms with E-state index in [1.54, 1.807) is 12.4 Å². The molecule has 1 atom stereocenters. The second-order valence-corrected chi connectivity index (χ2v) is 10.3. The van der Waals surface area contributed by atoms with E-state index in [1.807, 2.05) is 48.2 Å². The van der Waals surface area contributed by atoms with Crippen LogP contribution in [-0.2, 0) is 6.54 Å². The molecule has 34 heavy (non-hydrogen) atoms. The summed E-state index contributed by atoms with van der Waals surface area (Å²) in [4.78, 5) is 20.9. The summed E-state index contributed by atoms with van der Waals surface area (Å²) in [6, 6.07) is 7.51. The first-order chi connectivity index (χ1) is 16.2. The minimum atomic E-state index is -0.711. The number of likely N-dealkylation sites (tertiary alicyclic amines) is 1. The second-order valence-electron chi connectivity index (χ2n) is 9.89. The van der Waals surface area contributed by atoms with E-state index < -0.39 is 11.5 Å². The molecule has 0 saturated carbocycles. The number of H-pyrrole nitrogens is 1. The highest BCUT2D eigenvalue weighted by atomic mass is 35.5. The van der Waals surface area contributed by atoms with Crippen molar-refractivity contribution in [3.63, 3.8) is 0 Å². The van der Waals surface area contributed by atoms with Crippen LogP contribution in [0.3, 0.4) is 0 Å². The summed E-state index contributed by atoms with van der Waals surface area (Å²) in [5.41, 5.74) is 2.14. The van der Waals surface area contributed by atoms with Crippen LogP contribution in [0, 0.1) is 11.3 Å². The third kappa shape index (κ3) is 4.98. The number of nitrogens with zero attached hydrogens (tertiary/aromatic N) is 4. The summed E-state index contributed by atoms with van der Waals surface area (Å²) in [5, 5.41) is 22.9. The van der Waals surface area contributed by atoms with Gasteiger partial charge in [0.2, 0.25) is 0 Å². The van der Waals surface area contributed by atoms with Gasteiger partial charge in [-0.25, -0.2) is 9.78 Å². The van der Waals surface area contributed by atoms with E-state index in [1.165, 1.54) is 0 Å². The van der Waals surface area contributed by atoms with Gasteiger partial charge in [0, 0.05) is 55.9 Å². The molecule has 3 N–H and O–H groups in total. The zero-order valence-electron chi connectivity index (χ0n) is 20.2. The van der Waals surface area contributed by atoms with Crippen molar-refractivity contribution in [2.75, 3.05) is 32.1 Å². The lowest BCUT2D eigenvalue weighted by molar-refractivity contribution is -0.0143. The molecule has 2 aromatic heterocycles. The molecule has 3 heterocycles. The summed E-state index contributed by atoms with van der Waals surface area (Å²) in [6.07, 6.45) is 4.44. The fraction of sp³-hybridized carbons (Fsp3) is 0.480. The van der Waals surface area contributed by atoms with Crippen LogP contribution >= 0.6 is 11.6 Å². The van der Waals surface area contributed by atoms with Crippen LogP contribution in [0.4, 0.5) is 10.6 Å². The highest BCUT2D eigenvalue weighted by Crippen LogP contribution is 2.46. The molecule has 1 saturated heterocycles. The van der Waals surface area contributed by atoms with Crippen molar-refractivity contribution in [3.05, 3.63) is 52.8 Å². The Morgan fingerprint density at radius 3 is 2.68 bits per heavy atom. The fourth-order valence-electron chi connectivity index (χ4n) is 4.79. The number of piperidine rings is 1. The first-order valence-electron chi connectivity index (χ1n) is 11.6. The van der Waals surface area contributed by atoms with Gasteiger partial charge in [-0.1, -0.05) is 31.5 Å². The fourth-order valence-corrected chi connectivity index (χ4v) is 5.02. The second kappa shape index (κ2) is 9.80. The summed E-state index contributed by atoms with van der Waals surface area (Å²) in [7, 11) is 3.89. The summed E-state index contributed by atoms with van der Waals surface area (Å²) in [6.45, 7) is 5.93. The number of halogens is 1. The monoisotopic (exact) mass is 484 g/mol. The van der Waals surface area contributed by atoms with Gasteiger partial charge in [0.1, 0.15) is 5.82 Å². The molecule has 1 aromatic carbocycles. The number of pyridine rings is 1. The van der Waals surface area contributed by atoms with Crippen LogP contribution in [0.15, 0.2) is 36.7 Å². The van der Waals surface area contributed by atoms with Crippen LogP contribution < -0.4 is 10.2 Å². The van der Waals surface area contributed by atoms with E-state index in [0.717, 1.165) is 40.7 Å².